The monoisotopic (exact) mass is 243 g/mol. The molecule has 0 aliphatic heterocycles. The molecule has 1 aromatic heterocycles. The second-order valence-electron chi connectivity index (χ2n) is 4.24. The van der Waals surface area contributed by atoms with Gasteiger partial charge < -0.3 is 10.5 Å². The van der Waals surface area contributed by atoms with Gasteiger partial charge >= 0.3 is 0 Å². The zero-order valence-corrected chi connectivity index (χ0v) is 10.8. The van der Waals surface area contributed by atoms with Crippen molar-refractivity contribution in [2.24, 2.45) is 5.73 Å². The number of rotatable bonds is 3. The topological polar surface area (TPSA) is 61.0 Å². The predicted molar refractivity (Wildman–Crippen MR) is 70.5 cm³/mol. The fraction of sp³-hybridized carbons (Fsp3) is 0.286. The summed E-state index contributed by atoms with van der Waals surface area (Å²) < 4.78 is 5.48. The van der Waals surface area contributed by atoms with Crippen molar-refractivity contribution >= 4 is 0 Å². The Balaban J connectivity index is 2.49. The van der Waals surface area contributed by atoms with Crippen LogP contribution in [-0.4, -0.2) is 17.1 Å². The Morgan fingerprint density at radius 3 is 2.61 bits per heavy atom. The highest BCUT2D eigenvalue weighted by molar-refractivity contribution is 5.48. The third kappa shape index (κ3) is 2.19. The maximum Gasteiger partial charge on any atom is 0.127 e. The lowest BCUT2D eigenvalue weighted by molar-refractivity contribution is 0.404. The highest BCUT2D eigenvalue weighted by Gasteiger charge is 2.17. The first-order valence-electron chi connectivity index (χ1n) is 5.80. The van der Waals surface area contributed by atoms with Crippen LogP contribution < -0.4 is 10.5 Å². The molecule has 1 unspecified atom stereocenters. The Bertz CT molecular complexity index is 540. The first-order valence-corrected chi connectivity index (χ1v) is 5.80. The van der Waals surface area contributed by atoms with Crippen LogP contribution in [-0.2, 0) is 0 Å². The van der Waals surface area contributed by atoms with Crippen molar-refractivity contribution in [2.75, 3.05) is 7.11 Å². The predicted octanol–water partition coefficient (Wildman–Crippen LogP) is 2.15. The molecule has 0 fully saturated rings. The average Bonchev–Trinajstić information content (AvgIpc) is 2.42. The van der Waals surface area contributed by atoms with Gasteiger partial charge in [0.1, 0.15) is 12.1 Å². The van der Waals surface area contributed by atoms with Crippen LogP contribution in [0.2, 0.25) is 0 Å². The highest BCUT2D eigenvalue weighted by atomic mass is 16.5. The molecule has 2 aromatic rings. The van der Waals surface area contributed by atoms with Crippen molar-refractivity contribution in [1.82, 2.24) is 9.97 Å². The lowest BCUT2D eigenvalue weighted by Gasteiger charge is -2.18. The quantitative estimate of drug-likeness (QED) is 0.897. The van der Waals surface area contributed by atoms with Crippen LogP contribution in [0.15, 0.2) is 30.7 Å². The van der Waals surface area contributed by atoms with E-state index >= 15 is 0 Å². The smallest absolute Gasteiger partial charge is 0.127 e. The average molecular weight is 243 g/mol. The molecule has 1 aromatic carbocycles. The Labute approximate surface area is 107 Å². The molecular weight excluding hydrogens is 226 g/mol. The molecule has 18 heavy (non-hydrogen) atoms. The van der Waals surface area contributed by atoms with Crippen LogP contribution in [0.25, 0.3) is 0 Å². The fourth-order valence-corrected chi connectivity index (χ4v) is 1.97. The van der Waals surface area contributed by atoms with Crippen LogP contribution in [0, 0.1) is 13.8 Å². The number of aryl methyl sites for hydroxylation is 1. The molecule has 0 saturated heterocycles. The third-order valence-corrected chi connectivity index (χ3v) is 3.17. The molecule has 0 aliphatic carbocycles. The van der Waals surface area contributed by atoms with Crippen molar-refractivity contribution < 1.29 is 4.74 Å². The lowest BCUT2D eigenvalue weighted by atomic mass is 9.97. The van der Waals surface area contributed by atoms with Gasteiger partial charge in [-0.2, -0.15) is 0 Å². The molecule has 0 amide bonds. The van der Waals surface area contributed by atoms with E-state index in [1.54, 1.807) is 13.3 Å². The number of aromatic nitrogens is 2. The van der Waals surface area contributed by atoms with E-state index in [1.165, 1.54) is 11.9 Å². The minimum atomic E-state index is -0.303. The van der Waals surface area contributed by atoms with Gasteiger partial charge in [-0.05, 0) is 31.0 Å². The van der Waals surface area contributed by atoms with Gasteiger partial charge in [0.05, 0.1) is 18.8 Å². The summed E-state index contributed by atoms with van der Waals surface area (Å²) in [7, 11) is 1.66. The second-order valence-corrected chi connectivity index (χ2v) is 4.24. The Hall–Kier alpha value is -1.94. The van der Waals surface area contributed by atoms with Crippen molar-refractivity contribution in [3.8, 4) is 5.75 Å². The second kappa shape index (κ2) is 5.14. The van der Waals surface area contributed by atoms with Crippen molar-refractivity contribution in [3.05, 3.63) is 53.1 Å². The SMILES string of the molecule is COc1c(C(N)c2ccncn2)ccc(C)c1C. The largest absolute Gasteiger partial charge is 0.496 e. The summed E-state index contributed by atoms with van der Waals surface area (Å²) >= 11 is 0. The maximum atomic E-state index is 6.24. The normalized spacial score (nSPS) is 12.2. The van der Waals surface area contributed by atoms with Crippen LogP contribution in [0.3, 0.4) is 0 Å². The van der Waals surface area contributed by atoms with E-state index < -0.39 is 0 Å². The van der Waals surface area contributed by atoms with Crippen LogP contribution in [0.1, 0.15) is 28.4 Å². The number of hydrogen-bond acceptors (Lipinski definition) is 4. The van der Waals surface area contributed by atoms with Gasteiger partial charge in [-0.1, -0.05) is 12.1 Å². The van der Waals surface area contributed by atoms with E-state index in [4.69, 9.17) is 10.5 Å². The molecule has 2 rings (SSSR count). The van der Waals surface area contributed by atoms with E-state index in [0.717, 1.165) is 22.6 Å². The number of ether oxygens (including phenoxy) is 1. The van der Waals surface area contributed by atoms with Gasteiger partial charge in [-0.15, -0.1) is 0 Å². The Morgan fingerprint density at radius 1 is 1.22 bits per heavy atom. The number of hydrogen-bond donors (Lipinski definition) is 1. The molecule has 1 heterocycles. The number of methoxy groups -OCH3 is 1. The van der Waals surface area contributed by atoms with Gasteiger partial charge in [-0.3, -0.25) is 0 Å². The summed E-state index contributed by atoms with van der Waals surface area (Å²) in [5, 5.41) is 0. The zero-order chi connectivity index (χ0) is 13.1. The van der Waals surface area contributed by atoms with Crippen LogP contribution >= 0.6 is 0 Å². The molecule has 94 valence electrons. The molecule has 0 bridgehead atoms. The first-order chi connectivity index (χ1) is 8.65. The Kier molecular flexibility index (Phi) is 3.58. The molecule has 0 radical (unpaired) electrons. The molecule has 4 heteroatoms. The fourth-order valence-electron chi connectivity index (χ4n) is 1.97. The lowest BCUT2D eigenvalue weighted by Crippen LogP contribution is -2.15. The van der Waals surface area contributed by atoms with Gasteiger partial charge in [-0.25, -0.2) is 9.97 Å². The molecule has 0 aliphatic rings. The summed E-state index contributed by atoms with van der Waals surface area (Å²) in [6, 6.07) is 5.56. The number of nitrogens with two attached hydrogens (primary N) is 1. The zero-order valence-electron chi connectivity index (χ0n) is 10.8. The van der Waals surface area contributed by atoms with E-state index in [2.05, 4.69) is 16.9 Å². The summed E-state index contributed by atoms with van der Waals surface area (Å²) in [5.74, 6) is 0.834. The first kappa shape index (κ1) is 12.5. The standard InChI is InChI=1S/C14H17N3O/c1-9-4-5-11(14(18-3)10(9)2)13(15)12-6-7-16-8-17-12/h4-8,13H,15H2,1-3H3. The minimum absolute atomic E-state index is 0.303. The van der Waals surface area contributed by atoms with E-state index in [0.29, 0.717) is 0 Å². The van der Waals surface area contributed by atoms with Crippen molar-refractivity contribution in [1.29, 1.82) is 0 Å². The summed E-state index contributed by atoms with van der Waals surface area (Å²) in [6.07, 6.45) is 3.19. The van der Waals surface area contributed by atoms with Gasteiger partial charge in [0.15, 0.2) is 0 Å². The van der Waals surface area contributed by atoms with Gasteiger partial charge in [0.2, 0.25) is 0 Å². The highest BCUT2D eigenvalue weighted by Crippen LogP contribution is 2.31. The van der Waals surface area contributed by atoms with Crippen molar-refractivity contribution in [3.63, 3.8) is 0 Å². The molecule has 1 atom stereocenters. The van der Waals surface area contributed by atoms with E-state index in [-0.39, 0.29) is 6.04 Å². The molecular formula is C14H17N3O. The van der Waals surface area contributed by atoms with Gasteiger partial charge in [0.25, 0.3) is 0 Å². The molecule has 0 saturated carbocycles. The maximum absolute atomic E-state index is 6.24. The van der Waals surface area contributed by atoms with E-state index in [9.17, 15) is 0 Å². The van der Waals surface area contributed by atoms with Crippen LogP contribution in [0.4, 0.5) is 0 Å². The summed E-state index contributed by atoms with van der Waals surface area (Å²) in [4.78, 5) is 8.09. The van der Waals surface area contributed by atoms with Crippen LogP contribution in [0.5, 0.6) is 5.75 Å². The molecule has 4 nitrogen and oxygen atoms in total. The number of nitrogens with zero attached hydrogens (tertiary/aromatic N) is 2. The molecule has 0 spiro atoms. The molecule has 2 N–H and O–H groups in total. The Morgan fingerprint density at radius 2 is 2.00 bits per heavy atom. The minimum Gasteiger partial charge on any atom is -0.496 e. The van der Waals surface area contributed by atoms with E-state index in [1.807, 2.05) is 25.1 Å². The summed E-state index contributed by atoms with van der Waals surface area (Å²) in [5.41, 5.74) is 10.3. The van der Waals surface area contributed by atoms with Crippen molar-refractivity contribution in [2.45, 2.75) is 19.9 Å². The van der Waals surface area contributed by atoms with Gasteiger partial charge in [0, 0.05) is 11.8 Å². The number of benzene rings is 1. The third-order valence-electron chi connectivity index (χ3n) is 3.17. The summed E-state index contributed by atoms with van der Waals surface area (Å²) in [6.45, 7) is 4.09.